The molecule has 0 saturated heterocycles. The van der Waals surface area contributed by atoms with Crippen LogP contribution in [0.5, 0.6) is 0 Å². The molecule has 6 nitrogen and oxygen atoms in total. The van der Waals surface area contributed by atoms with Crippen LogP contribution in [0.15, 0.2) is 47.8 Å². The van der Waals surface area contributed by atoms with Gasteiger partial charge in [-0.2, -0.15) is 0 Å². The van der Waals surface area contributed by atoms with Gasteiger partial charge in [0.25, 0.3) is 0 Å². The predicted molar refractivity (Wildman–Crippen MR) is 117 cm³/mol. The monoisotopic (exact) mass is 418 g/mol. The number of carbonyl (C=O) groups is 2. The summed E-state index contributed by atoms with van der Waals surface area (Å²) in [7, 11) is 0. The molecule has 0 bridgehead atoms. The molecule has 150 valence electrons. The van der Waals surface area contributed by atoms with Crippen LogP contribution in [-0.4, -0.2) is 45.1 Å². The maximum absolute atomic E-state index is 12.4. The summed E-state index contributed by atoms with van der Waals surface area (Å²) in [4.78, 5) is 28.3. The molecule has 1 aromatic carbocycles. The number of urea groups is 2. The first-order chi connectivity index (χ1) is 13.4. The molecule has 2 atom stereocenters. The molecule has 2 aliphatic heterocycles. The molecule has 0 spiro atoms. The number of nitrogens with one attached hydrogen (secondary N) is 2. The molecule has 0 saturated carbocycles. The van der Waals surface area contributed by atoms with Gasteiger partial charge in [0.2, 0.25) is 0 Å². The number of carbonyl (C=O) groups excluding carboxylic acids is 2. The van der Waals surface area contributed by atoms with Crippen LogP contribution < -0.4 is 10.6 Å². The number of hydrogen-bond donors (Lipinski definition) is 2. The first-order valence-electron chi connectivity index (χ1n) is 9.06. The molecule has 2 heterocycles. The van der Waals surface area contributed by atoms with Gasteiger partial charge in [-0.3, -0.25) is 9.80 Å². The molecule has 2 N–H and O–H groups in total. The number of thioether (sulfide) groups is 2. The third kappa shape index (κ3) is 4.50. The van der Waals surface area contributed by atoms with Crippen molar-refractivity contribution in [2.75, 3.05) is 12.5 Å². The van der Waals surface area contributed by atoms with Crippen molar-refractivity contribution in [3.05, 3.63) is 58.9 Å². The number of amides is 4. The van der Waals surface area contributed by atoms with Crippen molar-refractivity contribution in [3.63, 3.8) is 0 Å². The Morgan fingerprint density at radius 2 is 1.21 bits per heavy atom. The standard InChI is InChI=1S/C20H26N4O2S2/c1-13-9-23(19(25)21-17(13)27-3)11-15-7-5-6-8-16(15)12-24-10-14(2)18(28-4)22-20(24)26/h5-10,17-18H,11-12H2,1-4H3,(H,21,25)(H,22,26)/t17-,18+. The summed E-state index contributed by atoms with van der Waals surface area (Å²) in [6.45, 7) is 4.97. The van der Waals surface area contributed by atoms with Crippen molar-refractivity contribution in [1.82, 2.24) is 20.4 Å². The number of nitrogens with zero attached hydrogens (tertiary/aromatic N) is 2. The van der Waals surface area contributed by atoms with Crippen LogP contribution in [-0.2, 0) is 13.1 Å². The summed E-state index contributed by atoms with van der Waals surface area (Å²) >= 11 is 3.22. The first kappa shape index (κ1) is 20.7. The van der Waals surface area contributed by atoms with Gasteiger partial charge in [0, 0.05) is 12.4 Å². The van der Waals surface area contributed by atoms with E-state index >= 15 is 0 Å². The second-order valence-corrected chi connectivity index (χ2v) is 8.79. The Morgan fingerprint density at radius 1 is 0.821 bits per heavy atom. The summed E-state index contributed by atoms with van der Waals surface area (Å²) < 4.78 is 0. The van der Waals surface area contributed by atoms with Gasteiger partial charge >= 0.3 is 12.1 Å². The molecule has 2 aliphatic rings. The number of benzene rings is 1. The van der Waals surface area contributed by atoms with Crippen LogP contribution in [0.2, 0.25) is 0 Å². The van der Waals surface area contributed by atoms with E-state index in [0.29, 0.717) is 13.1 Å². The van der Waals surface area contributed by atoms with E-state index in [2.05, 4.69) is 10.6 Å². The highest BCUT2D eigenvalue weighted by atomic mass is 32.2. The van der Waals surface area contributed by atoms with E-state index in [1.807, 2.05) is 63.0 Å². The maximum Gasteiger partial charge on any atom is 0.322 e. The fourth-order valence-corrected chi connectivity index (χ4v) is 4.62. The lowest BCUT2D eigenvalue weighted by Gasteiger charge is -2.32. The lowest BCUT2D eigenvalue weighted by atomic mass is 10.1. The van der Waals surface area contributed by atoms with E-state index in [9.17, 15) is 9.59 Å². The number of rotatable bonds is 6. The van der Waals surface area contributed by atoms with E-state index in [0.717, 1.165) is 22.3 Å². The van der Waals surface area contributed by atoms with Crippen molar-refractivity contribution < 1.29 is 9.59 Å². The highest BCUT2D eigenvalue weighted by Crippen LogP contribution is 2.24. The lowest BCUT2D eigenvalue weighted by Crippen LogP contribution is -2.46. The van der Waals surface area contributed by atoms with Crippen molar-refractivity contribution in [2.24, 2.45) is 0 Å². The Balaban J connectivity index is 1.79. The minimum atomic E-state index is -0.103. The van der Waals surface area contributed by atoms with E-state index in [-0.39, 0.29) is 22.8 Å². The molecule has 0 fully saturated rings. The molecule has 1 aromatic rings. The topological polar surface area (TPSA) is 64.7 Å². The van der Waals surface area contributed by atoms with Gasteiger partial charge in [0.1, 0.15) is 0 Å². The molecular formula is C20H26N4O2S2. The van der Waals surface area contributed by atoms with Gasteiger partial charge in [0.05, 0.1) is 23.8 Å². The lowest BCUT2D eigenvalue weighted by molar-refractivity contribution is 0.207. The summed E-state index contributed by atoms with van der Waals surface area (Å²) in [6.07, 6.45) is 7.79. The molecule has 0 unspecified atom stereocenters. The van der Waals surface area contributed by atoms with Crippen molar-refractivity contribution in [2.45, 2.75) is 37.7 Å². The minimum Gasteiger partial charge on any atom is -0.322 e. The average molecular weight is 419 g/mol. The molecular weight excluding hydrogens is 392 g/mol. The van der Waals surface area contributed by atoms with Crippen LogP contribution in [0.25, 0.3) is 0 Å². The molecule has 3 rings (SSSR count). The minimum absolute atomic E-state index is 0.0218. The zero-order chi connectivity index (χ0) is 20.3. The Labute approximate surface area is 174 Å². The second kappa shape index (κ2) is 8.96. The predicted octanol–water partition coefficient (Wildman–Crippen LogP) is 3.92. The molecule has 0 aromatic heterocycles. The van der Waals surface area contributed by atoms with Gasteiger partial charge in [-0.15, -0.1) is 23.5 Å². The van der Waals surface area contributed by atoms with Crippen LogP contribution in [0, 0.1) is 0 Å². The molecule has 28 heavy (non-hydrogen) atoms. The van der Waals surface area contributed by atoms with Gasteiger partial charge in [-0.1, -0.05) is 24.3 Å². The number of hydrogen-bond acceptors (Lipinski definition) is 4. The Kier molecular flexibility index (Phi) is 6.61. The smallest absolute Gasteiger partial charge is 0.322 e. The first-order valence-corrected chi connectivity index (χ1v) is 11.6. The highest BCUT2D eigenvalue weighted by Gasteiger charge is 2.26. The van der Waals surface area contributed by atoms with Crippen molar-refractivity contribution >= 4 is 35.6 Å². The SMILES string of the molecule is CS[C@H]1NC(=O)N(Cc2ccccc2CN2C=C(C)[C@H](SC)NC2=O)C=C1C. The largest absolute Gasteiger partial charge is 0.322 e. The summed E-state index contributed by atoms with van der Waals surface area (Å²) in [5.41, 5.74) is 4.27. The molecule has 0 radical (unpaired) electrons. The maximum atomic E-state index is 12.4. The molecule has 4 amide bonds. The summed E-state index contributed by atoms with van der Waals surface area (Å²) in [5, 5.41) is 6.06. The van der Waals surface area contributed by atoms with Gasteiger partial charge in [-0.05, 0) is 48.6 Å². The average Bonchev–Trinajstić information content (AvgIpc) is 2.68. The van der Waals surface area contributed by atoms with Gasteiger partial charge in [-0.25, -0.2) is 9.59 Å². The second-order valence-electron chi connectivity index (χ2n) is 6.90. The highest BCUT2D eigenvalue weighted by molar-refractivity contribution is 7.99. The van der Waals surface area contributed by atoms with Crippen LogP contribution >= 0.6 is 23.5 Å². The van der Waals surface area contributed by atoms with E-state index in [4.69, 9.17) is 0 Å². The zero-order valence-electron chi connectivity index (χ0n) is 16.6. The van der Waals surface area contributed by atoms with Crippen molar-refractivity contribution in [1.29, 1.82) is 0 Å². The summed E-state index contributed by atoms with van der Waals surface area (Å²) in [5.74, 6) is 0. The fourth-order valence-electron chi connectivity index (χ4n) is 3.32. The Bertz CT molecular complexity index is 757. The zero-order valence-corrected chi connectivity index (χ0v) is 18.2. The van der Waals surface area contributed by atoms with E-state index in [1.165, 1.54) is 0 Å². The third-order valence-corrected chi connectivity index (χ3v) is 6.77. The molecule has 8 heteroatoms. The van der Waals surface area contributed by atoms with Gasteiger partial charge in [0.15, 0.2) is 0 Å². The Hall–Kier alpha value is -2.06. The van der Waals surface area contributed by atoms with Crippen LogP contribution in [0.3, 0.4) is 0 Å². The summed E-state index contributed by atoms with van der Waals surface area (Å²) in [6, 6.07) is 7.74. The quantitative estimate of drug-likeness (QED) is 0.735. The fraction of sp³-hybridized carbons (Fsp3) is 0.400. The van der Waals surface area contributed by atoms with E-state index < -0.39 is 0 Å². The van der Waals surface area contributed by atoms with Gasteiger partial charge < -0.3 is 10.6 Å². The normalized spacial score (nSPS) is 22.4. The van der Waals surface area contributed by atoms with E-state index in [1.54, 1.807) is 33.3 Å². The van der Waals surface area contributed by atoms with Crippen LogP contribution in [0.1, 0.15) is 25.0 Å². The van der Waals surface area contributed by atoms with Crippen LogP contribution in [0.4, 0.5) is 9.59 Å². The molecule has 0 aliphatic carbocycles. The van der Waals surface area contributed by atoms with Crippen molar-refractivity contribution in [3.8, 4) is 0 Å². The Morgan fingerprint density at radius 3 is 1.57 bits per heavy atom. The third-order valence-electron chi connectivity index (χ3n) is 4.85.